The number of nitrogens with one attached hydrogen (secondary N) is 1. The first-order valence-electron chi connectivity index (χ1n) is 5.69. The molecule has 0 radical (unpaired) electrons. The van der Waals surface area contributed by atoms with Crippen LogP contribution in [0.5, 0.6) is 0 Å². The molecule has 0 amide bonds. The normalized spacial score (nSPS) is 11.2. The van der Waals surface area contributed by atoms with E-state index in [1.54, 1.807) is 18.2 Å². The van der Waals surface area contributed by atoms with E-state index in [-0.39, 0.29) is 12.4 Å². The van der Waals surface area contributed by atoms with Crippen molar-refractivity contribution in [3.8, 4) is 0 Å². The third kappa shape index (κ3) is 5.61. The van der Waals surface area contributed by atoms with Crippen molar-refractivity contribution in [2.45, 2.75) is 32.8 Å². The van der Waals surface area contributed by atoms with E-state index in [0.717, 1.165) is 0 Å². The quantitative estimate of drug-likeness (QED) is 0.847. The topological polar surface area (TPSA) is 38.3 Å². The number of carbonyl (C=O) groups excluding carboxylic acids is 1. The molecule has 3 nitrogen and oxygen atoms in total. The Morgan fingerprint density at radius 1 is 1.33 bits per heavy atom. The zero-order chi connectivity index (χ0) is 13.8. The maximum absolute atomic E-state index is 11.5. The van der Waals surface area contributed by atoms with Crippen LogP contribution in [-0.2, 0) is 9.53 Å². The number of anilines is 1. The van der Waals surface area contributed by atoms with Crippen LogP contribution >= 0.6 is 23.2 Å². The van der Waals surface area contributed by atoms with Crippen molar-refractivity contribution in [2.75, 3.05) is 11.9 Å². The Bertz CT molecular complexity index is 427. The Morgan fingerprint density at radius 2 is 2.00 bits per heavy atom. The van der Waals surface area contributed by atoms with Gasteiger partial charge in [-0.15, -0.1) is 0 Å². The lowest BCUT2D eigenvalue weighted by Crippen LogP contribution is -2.25. The predicted molar refractivity (Wildman–Crippen MR) is 75.4 cm³/mol. The molecule has 18 heavy (non-hydrogen) atoms. The molecule has 100 valence electrons. The highest BCUT2D eigenvalue weighted by atomic mass is 35.5. The number of esters is 1. The molecule has 0 heterocycles. The molecule has 0 spiro atoms. The van der Waals surface area contributed by atoms with E-state index < -0.39 is 5.60 Å². The van der Waals surface area contributed by atoms with Gasteiger partial charge in [-0.1, -0.05) is 23.2 Å². The largest absolute Gasteiger partial charge is 0.460 e. The number of ether oxygens (including phenoxy) is 1. The van der Waals surface area contributed by atoms with Gasteiger partial charge in [0.1, 0.15) is 5.60 Å². The molecule has 0 unspecified atom stereocenters. The zero-order valence-electron chi connectivity index (χ0n) is 10.7. The summed E-state index contributed by atoms with van der Waals surface area (Å²) < 4.78 is 5.19. The molecule has 1 rings (SSSR count). The fourth-order valence-electron chi connectivity index (χ4n) is 1.32. The summed E-state index contributed by atoms with van der Waals surface area (Å²) in [5, 5.41) is 4.22. The molecule has 0 atom stereocenters. The first-order chi connectivity index (χ1) is 8.28. The average molecular weight is 290 g/mol. The molecule has 0 aliphatic heterocycles. The number of benzene rings is 1. The van der Waals surface area contributed by atoms with E-state index in [4.69, 9.17) is 27.9 Å². The second-order valence-electron chi connectivity index (χ2n) is 4.89. The first kappa shape index (κ1) is 15.1. The van der Waals surface area contributed by atoms with Gasteiger partial charge in [-0.25, -0.2) is 0 Å². The summed E-state index contributed by atoms with van der Waals surface area (Å²) in [6, 6.07) is 5.14. The Kier molecular flexibility index (Phi) is 5.29. The summed E-state index contributed by atoms with van der Waals surface area (Å²) in [5.41, 5.74) is 0.262. The maximum Gasteiger partial charge on any atom is 0.308 e. The van der Waals surface area contributed by atoms with Gasteiger partial charge >= 0.3 is 5.97 Å². The summed E-state index contributed by atoms with van der Waals surface area (Å²) in [5.74, 6) is -0.242. The molecular weight excluding hydrogens is 273 g/mol. The number of halogens is 2. The molecule has 1 aromatic rings. The van der Waals surface area contributed by atoms with Crippen molar-refractivity contribution in [1.82, 2.24) is 0 Å². The van der Waals surface area contributed by atoms with Gasteiger partial charge < -0.3 is 10.1 Å². The number of carbonyl (C=O) groups is 1. The zero-order valence-corrected chi connectivity index (χ0v) is 12.2. The van der Waals surface area contributed by atoms with Gasteiger partial charge in [0.05, 0.1) is 17.1 Å². The van der Waals surface area contributed by atoms with Crippen LogP contribution in [0, 0.1) is 0 Å². The predicted octanol–water partition coefficient (Wildman–Crippen LogP) is 4.14. The smallest absolute Gasteiger partial charge is 0.308 e. The van der Waals surface area contributed by atoms with Crippen LogP contribution in [-0.4, -0.2) is 18.1 Å². The van der Waals surface area contributed by atoms with Crippen molar-refractivity contribution < 1.29 is 9.53 Å². The lowest BCUT2D eigenvalue weighted by Gasteiger charge is -2.19. The molecule has 5 heteroatoms. The van der Waals surface area contributed by atoms with E-state index in [0.29, 0.717) is 22.3 Å². The minimum atomic E-state index is -0.454. The van der Waals surface area contributed by atoms with Crippen LogP contribution < -0.4 is 5.32 Å². The highest BCUT2D eigenvalue weighted by molar-refractivity contribution is 6.35. The van der Waals surface area contributed by atoms with Gasteiger partial charge in [0.15, 0.2) is 0 Å². The monoisotopic (exact) mass is 289 g/mol. The minimum Gasteiger partial charge on any atom is -0.460 e. The second-order valence-corrected chi connectivity index (χ2v) is 5.73. The molecule has 0 aliphatic rings. The number of hydrogen-bond acceptors (Lipinski definition) is 3. The van der Waals surface area contributed by atoms with Crippen LogP contribution in [0.1, 0.15) is 27.2 Å². The summed E-state index contributed by atoms with van der Waals surface area (Å²) in [6.07, 6.45) is 0.278. The van der Waals surface area contributed by atoms with E-state index in [1.165, 1.54) is 0 Å². The molecule has 0 saturated heterocycles. The molecule has 0 aliphatic carbocycles. The van der Waals surface area contributed by atoms with Gasteiger partial charge in [-0.05, 0) is 39.0 Å². The third-order valence-corrected chi connectivity index (χ3v) is 2.56. The lowest BCUT2D eigenvalue weighted by atomic mass is 10.2. The molecule has 0 aromatic heterocycles. The van der Waals surface area contributed by atoms with Gasteiger partial charge in [-0.2, -0.15) is 0 Å². The highest BCUT2D eigenvalue weighted by Crippen LogP contribution is 2.25. The van der Waals surface area contributed by atoms with E-state index >= 15 is 0 Å². The standard InChI is InChI=1S/C13H17Cl2NO2/c1-13(2,3)18-12(17)6-7-16-11-8-9(14)4-5-10(11)15/h4-5,8,16H,6-7H2,1-3H3. The Labute approximate surface area is 117 Å². The van der Waals surface area contributed by atoms with Crippen molar-refractivity contribution >= 4 is 34.9 Å². The number of hydrogen-bond donors (Lipinski definition) is 1. The molecule has 0 fully saturated rings. The van der Waals surface area contributed by atoms with Crippen molar-refractivity contribution in [2.24, 2.45) is 0 Å². The molecule has 1 N–H and O–H groups in total. The fraction of sp³-hybridized carbons (Fsp3) is 0.462. The Morgan fingerprint density at radius 3 is 2.61 bits per heavy atom. The molecular formula is C13H17Cl2NO2. The van der Waals surface area contributed by atoms with Crippen molar-refractivity contribution in [3.63, 3.8) is 0 Å². The van der Waals surface area contributed by atoms with Gasteiger partial charge in [-0.3, -0.25) is 4.79 Å². The van der Waals surface area contributed by atoms with E-state index in [1.807, 2.05) is 20.8 Å². The maximum atomic E-state index is 11.5. The van der Waals surface area contributed by atoms with Crippen LogP contribution in [0.3, 0.4) is 0 Å². The second kappa shape index (κ2) is 6.30. The van der Waals surface area contributed by atoms with Crippen LogP contribution in [0.25, 0.3) is 0 Å². The Hall–Kier alpha value is -0.930. The van der Waals surface area contributed by atoms with Gasteiger partial charge in [0.25, 0.3) is 0 Å². The third-order valence-electron chi connectivity index (χ3n) is 1.99. The number of rotatable bonds is 4. The van der Waals surface area contributed by atoms with Crippen molar-refractivity contribution in [1.29, 1.82) is 0 Å². The van der Waals surface area contributed by atoms with Crippen LogP contribution in [0.4, 0.5) is 5.69 Å². The van der Waals surface area contributed by atoms with Crippen LogP contribution in [0.15, 0.2) is 18.2 Å². The molecule has 0 saturated carbocycles. The molecule has 1 aromatic carbocycles. The van der Waals surface area contributed by atoms with Crippen LogP contribution in [0.2, 0.25) is 10.0 Å². The fourth-order valence-corrected chi connectivity index (χ4v) is 1.68. The summed E-state index contributed by atoms with van der Waals surface area (Å²) in [7, 11) is 0. The summed E-state index contributed by atoms with van der Waals surface area (Å²) in [6.45, 7) is 5.97. The summed E-state index contributed by atoms with van der Waals surface area (Å²) >= 11 is 11.8. The minimum absolute atomic E-state index is 0.242. The summed E-state index contributed by atoms with van der Waals surface area (Å²) in [4.78, 5) is 11.5. The van der Waals surface area contributed by atoms with E-state index in [2.05, 4.69) is 5.32 Å². The highest BCUT2D eigenvalue weighted by Gasteiger charge is 2.15. The van der Waals surface area contributed by atoms with Gasteiger partial charge in [0, 0.05) is 11.6 Å². The van der Waals surface area contributed by atoms with Gasteiger partial charge in [0.2, 0.25) is 0 Å². The first-order valence-corrected chi connectivity index (χ1v) is 6.44. The van der Waals surface area contributed by atoms with E-state index in [9.17, 15) is 4.79 Å². The van der Waals surface area contributed by atoms with Crippen molar-refractivity contribution in [3.05, 3.63) is 28.2 Å². The molecule has 0 bridgehead atoms. The average Bonchev–Trinajstić information content (AvgIpc) is 2.20. The lowest BCUT2D eigenvalue weighted by molar-refractivity contribution is -0.154. The SMILES string of the molecule is CC(C)(C)OC(=O)CCNc1cc(Cl)ccc1Cl. The Balaban J connectivity index is 2.42.